The van der Waals surface area contributed by atoms with Crippen molar-refractivity contribution in [1.29, 1.82) is 0 Å². The predicted octanol–water partition coefficient (Wildman–Crippen LogP) is 3.97. The Labute approximate surface area is 105 Å². The van der Waals surface area contributed by atoms with E-state index in [-0.39, 0.29) is 0 Å². The number of aryl methyl sites for hydroxylation is 1. The third-order valence-corrected chi connectivity index (χ3v) is 4.37. The molecule has 0 amide bonds. The van der Waals surface area contributed by atoms with Crippen molar-refractivity contribution in [3.05, 3.63) is 34.4 Å². The van der Waals surface area contributed by atoms with Crippen LogP contribution >= 0.6 is 27.3 Å². The topological polar surface area (TPSA) is 22.0 Å². The number of hydrogen-bond donors (Lipinski definition) is 0. The van der Waals surface area contributed by atoms with Crippen molar-refractivity contribution in [3.8, 4) is 0 Å². The summed E-state index contributed by atoms with van der Waals surface area (Å²) in [5, 5.41) is 1.20. The summed E-state index contributed by atoms with van der Waals surface area (Å²) in [6, 6.07) is 8.19. The van der Waals surface area contributed by atoms with Gasteiger partial charge in [-0.3, -0.25) is 4.79 Å². The molecule has 16 heavy (non-hydrogen) atoms. The van der Waals surface area contributed by atoms with Crippen molar-refractivity contribution in [2.75, 3.05) is 0 Å². The molecule has 0 aliphatic carbocycles. The molecule has 2 aromatic heterocycles. The van der Waals surface area contributed by atoms with E-state index in [9.17, 15) is 4.79 Å². The van der Waals surface area contributed by atoms with Gasteiger partial charge in [-0.25, -0.2) is 0 Å². The van der Waals surface area contributed by atoms with Crippen LogP contribution in [0.4, 0.5) is 0 Å². The average Bonchev–Trinajstić information content (AvgIpc) is 2.76. The molecule has 2 nitrogen and oxygen atoms in total. The van der Waals surface area contributed by atoms with Gasteiger partial charge in [0.1, 0.15) is 0 Å². The van der Waals surface area contributed by atoms with Gasteiger partial charge in [0.05, 0.1) is 15.9 Å². The first-order valence-corrected chi connectivity index (χ1v) is 6.44. The summed E-state index contributed by atoms with van der Waals surface area (Å²) in [5.74, 6) is 0. The van der Waals surface area contributed by atoms with Gasteiger partial charge in [0.25, 0.3) is 0 Å². The van der Waals surface area contributed by atoms with Crippen LogP contribution in [-0.2, 0) is 7.05 Å². The van der Waals surface area contributed by atoms with Gasteiger partial charge in [0, 0.05) is 21.6 Å². The quantitative estimate of drug-likeness (QED) is 0.622. The van der Waals surface area contributed by atoms with Gasteiger partial charge in [0.15, 0.2) is 6.29 Å². The Bertz CT molecular complexity index is 711. The smallest absolute Gasteiger partial charge is 0.166 e. The van der Waals surface area contributed by atoms with Crippen LogP contribution in [0.25, 0.3) is 20.3 Å². The minimum atomic E-state index is 0.725. The molecule has 1 aromatic carbocycles. The Hall–Kier alpha value is -1.13. The third kappa shape index (κ3) is 1.26. The number of nitrogens with zero attached hydrogens (tertiary/aromatic N) is 1. The number of rotatable bonds is 1. The van der Waals surface area contributed by atoms with Crippen LogP contribution in [0.2, 0.25) is 0 Å². The van der Waals surface area contributed by atoms with Gasteiger partial charge in [-0.15, -0.1) is 11.3 Å². The van der Waals surface area contributed by atoms with Gasteiger partial charge in [-0.05, 0) is 24.3 Å². The van der Waals surface area contributed by atoms with E-state index in [0.717, 1.165) is 26.7 Å². The summed E-state index contributed by atoms with van der Waals surface area (Å²) in [6.45, 7) is 0. The Morgan fingerprint density at radius 2 is 2.12 bits per heavy atom. The zero-order valence-corrected chi connectivity index (χ0v) is 10.9. The Kier molecular flexibility index (Phi) is 2.16. The number of halogens is 1. The molecular weight excluding hydrogens is 286 g/mol. The number of fused-ring (bicyclic) bond motifs is 3. The second-order valence-corrected chi connectivity index (χ2v) is 5.70. The highest BCUT2D eigenvalue weighted by Crippen LogP contribution is 2.36. The number of benzene rings is 1. The first-order chi connectivity index (χ1) is 7.70. The maximum atomic E-state index is 10.9. The fourth-order valence-corrected chi connectivity index (χ4v) is 3.52. The van der Waals surface area contributed by atoms with E-state index in [1.54, 1.807) is 11.3 Å². The predicted molar refractivity (Wildman–Crippen MR) is 71.4 cm³/mol. The van der Waals surface area contributed by atoms with Crippen molar-refractivity contribution in [2.24, 2.45) is 7.05 Å². The summed E-state index contributed by atoms with van der Waals surface area (Å²) in [7, 11) is 1.93. The zero-order chi connectivity index (χ0) is 11.3. The lowest BCUT2D eigenvalue weighted by Crippen LogP contribution is -1.93. The molecule has 0 bridgehead atoms. The van der Waals surface area contributed by atoms with Crippen LogP contribution in [0, 0.1) is 0 Å². The Balaban J connectivity index is 2.53. The molecule has 0 fully saturated rings. The molecule has 2 heterocycles. The molecule has 3 rings (SSSR count). The highest BCUT2D eigenvalue weighted by Gasteiger charge is 2.11. The molecule has 4 heteroatoms. The third-order valence-electron chi connectivity index (χ3n) is 2.77. The summed E-state index contributed by atoms with van der Waals surface area (Å²) in [5.41, 5.74) is 1.87. The average molecular weight is 294 g/mol. The number of aromatic nitrogens is 1. The van der Waals surface area contributed by atoms with Gasteiger partial charge >= 0.3 is 0 Å². The van der Waals surface area contributed by atoms with Crippen LogP contribution in [0.5, 0.6) is 0 Å². The summed E-state index contributed by atoms with van der Waals surface area (Å²) >= 11 is 5.20. The second kappa shape index (κ2) is 3.43. The van der Waals surface area contributed by atoms with Crippen LogP contribution in [0.3, 0.4) is 0 Å². The first-order valence-electron chi connectivity index (χ1n) is 4.83. The van der Waals surface area contributed by atoms with Gasteiger partial charge in [0.2, 0.25) is 0 Å². The summed E-state index contributed by atoms with van der Waals surface area (Å²) in [4.78, 5) is 10.9. The molecule has 0 spiro atoms. The van der Waals surface area contributed by atoms with E-state index < -0.39 is 0 Å². The molecule has 0 saturated heterocycles. The van der Waals surface area contributed by atoms with Gasteiger partial charge in [-0.1, -0.05) is 15.9 Å². The van der Waals surface area contributed by atoms with Gasteiger partial charge < -0.3 is 4.57 Å². The summed E-state index contributed by atoms with van der Waals surface area (Å²) < 4.78 is 5.43. The molecule has 0 aliphatic heterocycles. The van der Waals surface area contributed by atoms with E-state index in [2.05, 4.69) is 28.1 Å². The van der Waals surface area contributed by atoms with Gasteiger partial charge in [-0.2, -0.15) is 0 Å². The number of carbonyl (C=O) groups is 1. The molecule has 80 valence electrons. The highest BCUT2D eigenvalue weighted by atomic mass is 79.9. The lowest BCUT2D eigenvalue weighted by Gasteiger charge is -1.98. The monoisotopic (exact) mass is 293 g/mol. The maximum Gasteiger partial charge on any atom is 0.166 e. The first kappa shape index (κ1) is 10.1. The van der Waals surface area contributed by atoms with E-state index >= 15 is 0 Å². The van der Waals surface area contributed by atoms with Crippen molar-refractivity contribution >= 4 is 53.9 Å². The maximum absolute atomic E-state index is 10.9. The van der Waals surface area contributed by atoms with Crippen LogP contribution < -0.4 is 0 Å². The van der Waals surface area contributed by atoms with Crippen LogP contribution in [-0.4, -0.2) is 10.9 Å². The van der Waals surface area contributed by atoms with Crippen molar-refractivity contribution < 1.29 is 4.79 Å². The SMILES string of the molecule is Cn1c(C=O)cc2sc3ccc(Br)cc3c21. The molecule has 0 atom stereocenters. The molecular formula is C12H8BrNOS. The lowest BCUT2D eigenvalue weighted by molar-refractivity contribution is 0.111. The summed E-state index contributed by atoms with van der Waals surface area (Å²) in [6.07, 6.45) is 0.899. The highest BCUT2D eigenvalue weighted by molar-refractivity contribution is 9.10. The van der Waals surface area contributed by atoms with E-state index in [4.69, 9.17) is 0 Å². The van der Waals surface area contributed by atoms with Crippen molar-refractivity contribution in [1.82, 2.24) is 4.57 Å². The largest absolute Gasteiger partial charge is 0.340 e. The normalized spacial score (nSPS) is 11.4. The van der Waals surface area contributed by atoms with E-state index in [0.29, 0.717) is 0 Å². The number of carbonyl (C=O) groups excluding carboxylic acids is 1. The fourth-order valence-electron chi connectivity index (χ4n) is 1.99. The molecule has 0 unspecified atom stereocenters. The molecule has 3 aromatic rings. The van der Waals surface area contributed by atoms with E-state index in [1.807, 2.05) is 23.7 Å². The van der Waals surface area contributed by atoms with Crippen molar-refractivity contribution in [2.45, 2.75) is 0 Å². The van der Waals surface area contributed by atoms with Crippen LogP contribution in [0.15, 0.2) is 28.7 Å². The molecule has 0 saturated carbocycles. The van der Waals surface area contributed by atoms with E-state index in [1.165, 1.54) is 10.1 Å². The molecule has 0 N–H and O–H groups in total. The lowest BCUT2D eigenvalue weighted by atomic mass is 10.2. The second-order valence-electron chi connectivity index (χ2n) is 3.70. The number of thiophene rings is 1. The number of aldehydes is 1. The Morgan fingerprint density at radius 3 is 2.88 bits per heavy atom. The fraction of sp³-hybridized carbons (Fsp3) is 0.0833. The van der Waals surface area contributed by atoms with Crippen molar-refractivity contribution in [3.63, 3.8) is 0 Å². The standard InChI is InChI=1S/C12H8BrNOS/c1-14-8(6-15)5-11-12(14)9-4-7(13)2-3-10(9)16-11/h2-6H,1H3. The minimum absolute atomic E-state index is 0.725. The molecule has 0 aliphatic rings. The van der Waals surface area contributed by atoms with Crippen LogP contribution in [0.1, 0.15) is 10.5 Å². The number of hydrogen-bond acceptors (Lipinski definition) is 2. The minimum Gasteiger partial charge on any atom is -0.340 e. The Morgan fingerprint density at radius 1 is 1.31 bits per heavy atom. The molecule has 0 radical (unpaired) electrons. The zero-order valence-electron chi connectivity index (χ0n) is 8.53.